The van der Waals surface area contributed by atoms with Crippen LogP contribution in [-0.2, 0) is 16.6 Å². The summed E-state index contributed by atoms with van der Waals surface area (Å²) in [5, 5.41) is 15.5. The average Bonchev–Trinajstić information content (AvgIpc) is 3.08. The zero-order valence-electron chi connectivity index (χ0n) is 17.6. The van der Waals surface area contributed by atoms with Crippen molar-refractivity contribution in [3.8, 4) is 0 Å². The number of benzene rings is 1. The summed E-state index contributed by atoms with van der Waals surface area (Å²) in [4.78, 5) is 29.5. The molecule has 1 aromatic heterocycles. The molecular formula is C22H28N4O3. The third-order valence-electron chi connectivity index (χ3n) is 5.41. The van der Waals surface area contributed by atoms with E-state index in [0.717, 1.165) is 24.2 Å². The van der Waals surface area contributed by atoms with Gasteiger partial charge in [-0.2, -0.15) is 5.10 Å². The van der Waals surface area contributed by atoms with E-state index < -0.39 is 17.7 Å². The standard InChI is InChI=1S/C22H28N4O3/c1-14-17(15(2)25(5)23-14)20(27)18-19(16-10-7-6-8-11-16)26(22(29)21(18)28)13-9-12-24(3)4/h6-8,10-11,19,27H,9,12-13H2,1-5H3/b20-18+. The second-order valence-electron chi connectivity index (χ2n) is 7.73. The second-order valence-corrected chi connectivity index (χ2v) is 7.73. The maximum absolute atomic E-state index is 13.0. The van der Waals surface area contributed by atoms with Crippen molar-refractivity contribution >= 4 is 17.4 Å². The fourth-order valence-corrected chi connectivity index (χ4v) is 3.90. The molecule has 1 aromatic carbocycles. The Bertz CT molecular complexity index is 960. The van der Waals surface area contributed by atoms with E-state index in [1.807, 2.05) is 56.3 Å². The highest BCUT2D eigenvalue weighted by Crippen LogP contribution is 2.40. The van der Waals surface area contributed by atoms with E-state index in [-0.39, 0.29) is 11.3 Å². The van der Waals surface area contributed by atoms with Crippen molar-refractivity contribution < 1.29 is 14.7 Å². The molecule has 2 aromatic rings. The summed E-state index contributed by atoms with van der Waals surface area (Å²) >= 11 is 0. The summed E-state index contributed by atoms with van der Waals surface area (Å²) in [5.74, 6) is -1.38. The van der Waals surface area contributed by atoms with Gasteiger partial charge in [0.1, 0.15) is 5.76 Å². The fourth-order valence-electron chi connectivity index (χ4n) is 3.90. The number of aryl methyl sites for hydroxylation is 2. The summed E-state index contributed by atoms with van der Waals surface area (Å²) < 4.78 is 1.66. The first-order chi connectivity index (χ1) is 13.7. The van der Waals surface area contributed by atoms with Crippen molar-refractivity contribution in [3.05, 3.63) is 58.4 Å². The fraction of sp³-hybridized carbons (Fsp3) is 0.409. The maximum Gasteiger partial charge on any atom is 0.295 e. The molecule has 1 N–H and O–H groups in total. The first-order valence-corrected chi connectivity index (χ1v) is 9.72. The number of hydrogen-bond acceptors (Lipinski definition) is 5. The molecule has 7 heteroatoms. The van der Waals surface area contributed by atoms with Gasteiger partial charge in [-0.25, -0.2) is 0 Å². The summed E-state index contributed by atoms with van der Waals surface area (Å²) in [5.41, 5.74) is 2.81. The number of hydrogen-bond donors (Lipinski definition) is 1. The number of Topliss-reactive ketones (excluding diaryl/α,β-unsaturated/α-hetero) is 1. The van der Waals surface area contributed by atoms with Crippen LogP contribution >= 0.6 is 0 Å². The van der Waals surface area contributed by atoms with Crippen molar-refractivity contribution in [1.82, 2.24) is 19.6 Å². The number of aliphatic hydroxyl groups is 1. The van der Waals surface area contributed by atoms with Crippen molar-refractivity contribution in [2.45, 2.75) is 26.3 Å². The molecule has 1 atom stereocenters. The molecular weight excluding hydrogens is 368 g/mol. The summed E-state index contributed by atoms with van der Waals surface area (Å²) in [7, 11) is 5.72. The number of aromatic nitrogens is 2. The van der Waals surface area contributed by atoms with Crippen LogP contribution in [0, 0.1) is 13.8 Å². The molecule has 1 fully saturated rings. The predicted molar refractivity (Wildman–Crippen MR) is 111 cm³/mol. The largest absolute Gasteiger partial charge is 0.507 e. The number of likely N-dealkylation sites (tertiary alicyclic amines) is 1. The Kier molecular flexibility index (Phi) is 5.88. The smallest absolute Gasteiger partial charge is 0.295 e. The zero-order chi connectivity index (χ0) is 21.3. The molecule has 1 unspecified atom stereocenters. The van der Waals surface area contributed by atoms with Gasteiger partial charge in [-0.3, -0.25) is 14.3 Å². The lowest BCUT2D eigenvalue weighted by Crippen LogP contribution is -2.32. The van der Waals surface area contributed by atoms with Crippen molar-refractivity contribution in [1.29, 1.82) is 0 Å². The number of aliphatic hydroxyl groups excluding tert-OH is 1. The van der Waals surface area contributed by atoms with E-state index in [2.05, 4.69) is 5.10 Å². The number of carbonyl (C=O) groups excluding carboxylic acids is 2. The highest BCUT2D eigenvalue weighted by Gasteiger charge is 2.46. The van der Waals surface area contributed by atoms with Crippen LogP contribution in [0.1, 0.15) is 35.0 Å². The Balaban J connectivity index is 2.13. The van der Waals surface area contributed by atoms with E-state index in [4.69, 9.17) is 0 Å². The van der Waals surface area contributed by atoms with Gasteiger partial charge in [0.15, 0.2) is 0 Å². The summed E-state index contributed by atoms with van der Waals surface area (Å²) in [6.45, 7) is 4.85. The molecule has 2 heterocycles. The molecule has 29 heavy (non-hydrogen) atoms. The molecule has 3 rings (SSSR count). The quantitative estimate of drug-likeness (QED) is 0.461. The Morgan fingerprint density at radius 3 is 2.38 bits per heavy atom. The van der Waals surface area contributed by atoms with Crippen LogP contribution in [0.25, 0.3) is 5.76 Å². The molecule has 1 aliphatic rings. The van der Waals surface area contributed by atoms with Gasteiger partial charge in [0.2, 0.25) is 0 Å². The SMILES string of the molecule is Cc1nn(C)c(C)c1/C(O)=C1\C(=O)C(=O)N(CCCN(C)C)C1c1ccccc1. The molecule has 0 bridgehead atoms. The third-order valence-corrected chi connectivity index (χ3v) is 5.41. The van der Waals surface area contributed by atoms with Crippen LogP contribution in [0.3, 0.4) is 0 Å². The Labute approximate surface area is 171 Å². The third kappa shape index (κ3) is 3.82. The van der Waals surface area contributed by atoms with E-state index in [1.54, 1.807) is 23.6 Å². The highest BCUT2D eigenvalue weighted by atomic mass is 16.3. The minimum Gasteiger partial charge on any atom is -0.507 e. The molecule has 0 saturated carbocycles. The lowest BCUT2D eigenvalue weighted by molar-refractivity contribution is -0.139. The van der Waals surface area contributed by atoms with E-state index in [0.29, 0.717) is 17.8 Å². The van der Waals surface area contributed by atoms with Gasteiger partial charge < -0.3 is 14.9 Å². The predicted octanol–water partition coefficient (Wildman–Crippen LogP) is 2.41. The van der Waals surface area contributed by atoms with Gasteiger partial charge in [0, 0.05) is 19.3 Å². The zero-order valence-corrected chi connectivity index (χ0v) is 17.6. The Morgan fingerprint density at radius 2 is 1.83 bits per heavy atom. The van der Waals surface area contributed by atoms with Gasteiger partial charge in [0.25, 0.3) is 11.7 Å². The minimum absolute atomic E-state index is 0.130. The van der Waals surface area contributed by atoms with Crippen LogP contribution in [-0.4, -0.2) is 63.6 Å². The van der Waals surface area contributed by atoms with E-state index in [9.17, 15) is 14.7 Å². The lowest BCUT2D eigenvalue weighted by atomic mass is 9.94. The number of amides is 1. The molecule has 7 nitrogen and oxygen atoms in total. The Morgan fingerprint density at radius 1 is 1.17 bits per heavy atom. The molecule has 1 aliphatic heterocycles. The van der Waals surface area contributed by atoms with Crippen LogP contribution in [0.5, 0.6) is 0 Å². The van der Waals surface area contributed by atoms with Gasteiger partial charge in [-0.05, 0) is 46.5 Å². The maximum atomic E-state index is 13.0. The normalized spacial score (nSPS) is 18.8. The van der Waals surface area contributed by atoms with Crippen LogP contribution in [0.15, 0.2) is 35.9 Å². The lowest BCUT2D eigenvalue weighted by Gasteiger charge is -2.26. The number of ketones is 1. The summed E-state index contributed by atoms with van der Waals surface area (Å²) in [6.07, 6.45) is 0.730. The summed E-state index contributed by atoms with van der Waals surface area (Å²) in [6, 6.07) is 8.78. The number of carbonyl (C=O) groups is 2. The molecule has 1 saturated heterocycles. The number of nitrogens with zero attached hydrogens (tertiary/aromatic N) is 4. The molecule has 154 valence electrons. The van der Waals surface area contributed by atoms with Crippen LogP contribution in [0.4, 0.5) is 0 Å². The van der Waals surface area contributed by atoms with E-state index in [1.165, 1.54) is 0 Å². The van der Waals surface area contributed by atoms with Gasteiger partial charge >= 0.3 is 0 Å². The van der Waals surface area contributed by atoms with Gasteiger partial charge in [-0.1, -0.05) is 30.3 Å². The first kappa shape index (κ1) is 20.8. The minimum atomic E-state index is -0.649. The highest BCUT2D eigenvalue weighted by molar-refractivity contribution is 6.46. The number of rotatable bonds is 6. The van der Waals surface area contributed by atoms with Gasteiger partial charge in [0.05, 0.1) is 22.9 Å². The molecule has 0 aliphatic carbocycles. The monoisotopic (exact) mass is 396 g/mol. The van der Waals surface area contributed by atoms with E-state index >= 15 is 0 Å². The van der Waals surface area contributed by atoms with Crippen molar-refractivity contribution in [3.63, 3.8) is 0 Å². The molecule has 1 amide bonds. The van der Waals surface area contributed by atoms with Crippen molar-refractivity contribution in [2.24, 2.45) is 7.05 Å². The van der Waals surface area contributed by atoms with Gasteiger partial charge in [-0.15, -0.1) is 0 Å². The molecule has 0 spiro atoms. The first-order valence-electron chi connectivity index (χ1n) is 9.72. The molecule has 0 radical (unpaired) electrons. The van der Waals surface area contributed by atoms with Crippen molar-refractivity contribution in [2.75, 3.05) is 27.2 Å². The van der Waals surface area contributed by atoms with Crippen LogP contribution in [0.2, 0.25) is 0 Å². The Hall–Kier alpha value is -2.93. The topological polar surface area (TPSA) is 78.7 Å². The average molecular weight is 396 g/mol. The second kappa shape index (κ2) is 8.21. The van der Waals surface area contributed by atoms with Crippen LogP contribution < -0.4 is 0 Å².